The van der Waals surface area contributed by atoms with Crippen LogP contribution in [0.5, 0.6) is 5.75 Å². The molecule has 15 heavy (non-hydrogen) atoms. The Morgan fingerprint density at radius 1 is 1.33 bits per heavy atom. The molecule has 3 nitrogen and oxygen atoms in total. The van der Waals surface area contributed by atoms with E-state index in [-0.39, 0.29) is 0 Å². The summed E-state index contributed by atoms with van der Waals surface area (Å²) in [5.74, 6) is 0.633. The predicted octanol–water partition coefficient (Wildman–Crippen LogP) is 2.70. The van der Waals surface area contributed by atoms with Crippen molar-refractivity contribution >= 4 is 5.69 Å². The van der Waals surface area contributed by atoms with Gasteiger partial charge in [-0.1, -0.05) is 0 Å². The van der Waals surface area contributed by atoms with Crippen LogP contribution in [-0.4, -0.2) is 13.1 Å². The number of nitriles is 1. The Morgan fingerprint density at radius 3 is 2.47 bits per heavy atom. The molecule has 0 aliphatic rings. The molecule has 0 bridgehead atoms. The molecule has 1 aromatic rings. The second-order valence-corrected chi connectivity index (χ2v) is 3.32. The highest BCUT2D eigenvalue weighted by molar-refractivity contribution is 5.52. The van der Waals surface area contributed by atoms with E-state index in [1.54, 1.807) is 6.26 Å². The molecule has 0 aliphatic carbocycles. The molecule has 1 rings (SSSR count). The van der Waals surface area contributed by atoms with Crippen molar-refractivity contribution in [3.8, 4) is 12.0 Å². The number of anilines is 1. The number of benzene rings is 1. The van der Waals surface area contributed by atoms with Crippen LogP contribution in [0.1, 0.15) is 19.4 Å². The molecule has 0 saturated carbocycles. The smallest absolute Gasteiger partial charge is 0.292 e. The first kappa shape index (κ1) is 11.4. The maximum absolute atomic E-state index is 8.43. The van der Waals surface area contributed by atoms with Crippen LogP contribution in [0.2, 0.25) is 0 Å². The van der Waals surface area contributed by atoms with E-state index in [9.17, 15) is 0 Å². The molecular formula is C12H16N2O. The minimum atomic E-state index is 0.633. The van der Waals surface area contributed by atoms with Gasteiger partial charge in [0.05, 0.1) is 0 Å². The summed E-state index contributed by atoms with van der Waals surface area (Å²) in [7, 11) is 0. The summed E-state index contributed by atoms with van der Waals surface area (Å²) in [5, 5.41) is 8.43. The second-order valence-electron chi connectivity index (χ2n) is 3.32. The quantitative estimate of drug-likeness (QED) is 0.707. The summed E-state index contributed by atoms with van der Waals surface area (Å²) in [6.07, 6.45) is 1.69. The summed E-state index contributed by atoms with van der Waals surface area (Å²) < 4.78 is 4.83. The minimum Gasteiger partial charge on any atom is -0.388 e. The molecule has 0 radical (unpaired) electrons. The molecule has 80 valence electrons. The first-order valence-electron chi connectivity index (χ1n) is 5.14. The topological polar surface area (TPSA) is 36.3 Å². The molecule has 0 fully saturated rings. The summed E-state index contributed by atoms with van der Waals surface area (Å²) in [6.45, 7) is 8.15. The Morgan fingerprint density at radius 2 is 2.00 bits per heavy atom. The van der Waals surface area contributed by atoms with E-state index in [1.807, 2.05) is 25.1 Å². The zero-order chi connectivity index (χ0) is 11.3. The van der Waals surface area contributed by atoms with Crippen LogP contribution in [0.15, 0.2) is 18.2 Å². The van der Waals surface area contributed by atoms with E-state index in [0.717, 1.165) is 18.7 Å². The van der Waals surface area contributed by atoms with Crippen molar-refractivity contribution in [1.82, 2.24) is 0 Å². The Bertz CT molecular complexity index is 364. The highest BCUT2D eigenvalue weighted by atomic mass is 16.5. The van der Waals surface area contributed by atoms with Crippen molar-refractivity contribution in [1.29, 1.82) is 5.26 Å². The van der Waals surface area contributed by atoms with E-state index in [2.05, 4.69) is 18.7 Å². The number of aryl methyl sites for hydroxylation is 1. The van der Waals surface area contributed by atoms with Gasteiger partial charge in [-0.3, -0.25) is 0 Å². The van der Waals surface area contributed by atoms with Gasteiger partial charge in [0.15, 0.2) is 0 Å². The van der Waals surface area contributed by atoms with Crippen LogP contribution < -0.4 is 9.64 Å². The van der Waals surface area contributed by atoms with Gasteiger partial charge in [-0.15, -0.1) is 5.26 Å². The zero-order valence-corrected chi connectivity index (χ0v) is 9.45. The Hall–Kier alpha value is -1.69. The highest BCUT2D eigenvalue weighted by Gasteiger charge is 2.05. The SMILES string of the molecule is CCN(CC)c1ccc(OC#N)c(C)c1. The van der Waals surface area contributed by atoms with Gasteiger partial charge in [0.25, 0.3) is 6.26 Å². The van der Waals surface area contributed by atoms with Crippen molar-refractivity contribution < 1.29 is 4.74 Å². The summed E-state index contributed by atoms with van der Waals surface area (Å²) in [6, 6.07) is 5.86. The van der Waals surface area contributed by atoms with Crippen LogP contribution in [-0.2, 0) is 0 Å². The average molecular weight is 204 g/mol. The fourth-order valence-corrected chi connectivity index (χ4v) is 1.58. The van der Waals surface area contributed by atoms with Crippen molar-refractivity contribution in [3.05, 3.63) is 23.8 Å². The average Bonchev–Trinajstić information content (AvgIpc) is 2.24. The second kappa shape index (κ2) is 5.26. The lowest BCUT2D eigenvalue weighted by molar-refractivity contribution is 0.503. The van der Waals surface area contributed by atoms with Crippen LogP contribution in [0.25, 0.3) is 0 Å². The number of hydrogen-bond donors (Lipinski definition) is 0. The van der Waals surface area contributed by atoms with Gasteiger partial charge in [-0.25, -0.2) is 0 Å². The third kappa shape index (κ3) is 2.63. The molecule has 0 atom stereocenters. The molecule has 0 amide bonds. The molecule has 0 N–H and O–H groups in total. The first-order valence-corrected chi connectivity index (χ1v) is 5.14. The fraction of sp³-hybridized carbons (Fsp3) is 0.417. The maximum atomic E-state index is 8.43. The van der Waals surface area contributed by atoms with Gasteiger partial charge in [-0.2, -0.15) is 0 Å². The number of nitrogens with zero attached hydrogens (tertiary/aromatic N) is 2. The molecule has 0 unspecified atom stereocenters. The number of rotatable bonds is 4. The largest absolute Gasteiger partial charge is 0.388 e. The molecule has 0 spiro atoms. The standard InChI is InChI=1S/C12H16N2O/c1-4-14(5-2)11-6-7-12(15-9-13)10(3)8-11/h6-8H,4-5H2,1-3H3. The van der Waals surface area contributed by atoms with E-state index in [0.29, 0.717) is 5.75 Å². The lowest BCUT2D eigenvalue weighted by atomic mass is 10.2. The number of hydrogen-bond acceptors (Lipinski definition) is 3. The Labute approximate surface area is 90.9 Å². The third-order valence-corrected chi connectivity index (χ3v) is 2.44. The molecule has 1 aromatic carbocycles. The fourth-order valence-electron chi connectivity index (χ4n) is 1.58. The van der Waals surface area contributed by atoms with Gasteiger partial charge < -0.3 is 9.64 Å². The molecule has 0 aromatic heterocycles. The van der Waals surface area contributed by atoms with Crippen LogP contribution in [0.4, 0.5) is 5.69 Å². The van der Waals surface area contributed by atoms with Gasteiger partial charge in [-0.05, 0) is 44.5 Å². The van der Waals surface area contributed by atoms with E-state index in [4.69, 9.17) is 10.00 Å². The van der Waals surface area contributed by atoms with Crippen molar-refractivity contribution in [2.75, 3.05) is 18.0 Å². The summed E-state index contributed by atoms with van der Waals surface area (Å²) >= 11 is 0. The Kier molecular flexibility index (Phi) is 3.99. The van der Waals surface area contributed by atoms with Crippen molar-refractivity contribution in [2.45, 2.75) is 20.8 Å². The predicted molar refractivity (Wildman–Crippen MR) is 61.0 cm³/mol. The third-order valence-electron chi connectivity index (χ3n) is 2.44. The van der Waals surface area contributed by atoms with Crippen LogP contribution in [0.3, 0.4) is 0 Å². The van der Waals surface area contributed by atoms with Crippen molar-refractivity contribution in [2.24, 2.45) is 0 Å². The highest BCUT2D eigenvalue weighted by Crippen LogP contribution is 2.24. The zero-order valence-electron chi connectivity index (χ0n) is 9.45. The molecule has 0 saturated heterocycles. The first-order chi connectivity index (χ1) is 7.22. The van der Waals surface area contributed by atoms with Gasteiger partial charge >= 0.3 is 0 Å². The van der Waals surface area contributed by atoms with Crippen LogP contribution in [0, 0.1) is 18.4 Å². The number of ether oxygens (including phenoxy) is 1. The molecule has 0 aliphatic heterocycles. The summed E-state index contributed by atoms with van der Waals surface area (Å²) in [5.41, 5.74) is 2.16. The van der Waals surface area contributed by atoms with Gasteiger partial charge in [0.1, 0.15) is 5.75 Å². The normalized spacial score (nSPS) is 9.47. The summed E-state index contributed by atoms with van der Waals surface area (Å²) in [4.78, 5) is 2.25. The van der Waals surface area contributed by atoms with E-state index >= 15 is 0 Å². The Balaban J connectivity index is 2.95. The minimum absolute atomic E-state index is 0.633. The van der Waals surface area contributed by atoms with Gasteiger partial charge in [0, 0.05) is 18.8 Å². The molecule has 0 heterocycles. The van der Waals surface area contributed by atoms with E-state index < -0.39 is 0 Å². The van der Waals surface area contributed by atoms with Crippen LogP contribution >= 0.6 is 0 Å². The van der Waals surface area contributed by atoms with E-state index in [1.165, 1.54) is 5.69 Å². The molecule has 3 heteroatoms. The maximum Gasteiger partial charge on any atom is 0.292 e. The lowest BCUT2D eigenvalue weighted by Crippen LogP contribution is -2.21. The van der Waals surface area contributed by atoms with Gasteiger partial charge in [0.2, 0.25) is 0 Å². The van der Waals surface area contributed by atoms with Crippen molar-refractivity contribution in [3.63, 3.8) is 0 Å². The molecular weight excluding hydrogens is 188 g/mol. The lowest BCUT2D eigenvalue weighted by Gasteiger charge is -2.21. The monoisotopic (exact) mass is 204 g/mol.